The van der Waals surface area contributed by atoms with Crippen LogP contribution in [0.1, 0.15) is 65.2 Å². The van der Waals surface area contributed by atoms with Crippen molar-refractivity contribution in [2.24, 2.45) is 21.7 Å². The first kappa shape index (κ1) is 17.2. The fraction of sp³-hybridized carbons (Fsp3) is 0.833. The van der Waals surface area contributed by atoms with Crippen molar-refractivity contribution in [2.45, 2.75) is 65.2 Å². The maximum atomic E-state index is 12.8. The summed E-state index contributed by atoms with van der Waals surface area (Å²) < 4.78 is 5.44. The van der Waals surface area contributed by atoms with Gasteiger partial charge in [0, 0.05) is 0 Å². The molecule has 4 bridgehead atoms. The van der Waals surface area contributed by atoms with Gasteiger partial charge >= 0.3 is 17.9 Å². The highest BCUT2D eigenvalue weighted by Gasteiger charge is 2.73. The molecule has 0 spiro atoms. The van der Waals surface area contributed by atoms with E-state index in [1.165, 1.54) is 0 Å². The lowest BCUT2D eigenvalue weighted by Gasteiger charge is -2.66. The second kappa shape index (κ2) is 5.20. The number of hydrogen-bond acceptors (Lipinski definition) is 4. The average Bonchev–Trinajstić information content (AvgIpc) is 2.44. The maximum Gasteiger partial charge on any atom is 0.312 e. The molecule has 4 aliphatic rings. The molecule has 0 aromatic carbocycles. The Balaban J connectivity index is 2.00. The Morgan fingerprint density at radius 1 is 0.875 bits per heavy atom. The third kappa shape index (κ3) is 2.33. The Kier molecular flexibility index (Phi) is 3.74. The molecule has 24 heavy (non-hydrogen) atoms. The van der Waals surface area contributed by atoms with E-state index in [-0.39, 0.29) is 19.3 Å². The lowest BCUT2D eigenvalue weighted by Crippen LogP contribution is -2.66. The fourth-order valence-electron chi connectivity index (χ4n) is 6.28. The van der Waals surface area contributed by atoms with Gasteiger partial charge in [-0.2, -0.15) is 0 Å². The summed E-state index contributed by atoms with van der Waals surface area (Å²) in [6.07, 6.45) is 3.65. The summed E-state index contributed by atoms with van der Waals surface area (Å²) in [5.74, 6) is -2.33. The van der Waals surface area contributed by atoms with E-state index in [4.69, 9.17) is 4.74 Å². The molecule has 2 N–H and O–H groups in total. The van der Waals surface area contributed by atoms with Crippen LogP contribution in [0.3, 0.4) is 0 Å². The van der Waals surface area contributed by atoms with Crippen LogP contribution >= 0.6 is 0 Å². The van der Waals surface area contributed by atoms with Gasteiger partial charge in [-0.15, -0.1) is 0 Å². The van der Waals surface area contributed by atoms with E-state index < -0.39 is 39.6 Å². The van der Waals surface area contributed by atoms with Crippen molar-refractivity contribution < 1.29 is 29.3 Å². The summed E-state index contributed by atoms with van der Waals surface area (Å²) in [6, 6.07) is 0. The van der Waals surface area contributed by atoms with Gasteiger partial charge in [-0.1, -0.05) is 20.3 Å². The maximum absolute atomic E-state index is 12.8. The third-order valence-corrected chi connectivity index (χ3v) is 6.40. The number of aliphatic carboxylic acids is 2. The first-order valence-electron chi connectivity index (χ1n) is 8.75. The summed E-state index contributed by atoms with van der Waals surface area (Å²) >= 11 is 0. The van der Waals surface area contributed by atoms with Crippen LogP contribution in [0, 0.1) is 21.7 Å². The predicted octanol–water partition coefficient (Wildman–Crippen LogP) is 2.85. The van der Waals surface area contributed by atoms with Crippen LogP contribution in [-0.2, 0) is 19.1 Å². The van der Waals surface area contributed by atoms with E-state index in [0.717, 1.165) is 12.8 Å². The largest absolute Gasteiger partial charge is 0.481 e. The lowest BCUT2D eigenvalue weighted by molar-refractivity contribution is -0.226. The Hall–Kier alpha value is -1.59. The molecule has 0 aromatic heterocycles. The summed E-state index contributed by atoms with van der Waals surface area (Å²) in [5.41, 5.74) is -3.64. The van der Waals surface area contributed by atoms with E-state index in [1.54, 1.807) is 0 Å². The van der Waals surface area contributed by atoms with E-state index in [1.807, 2.05) is 13.8 Å². The molecule has 0 saturated heterocycles. The molecular weight excluding hydrogens is 312 g/mol. The van der Waals surface area contributed by atoms with Crippen molar-refractivity contribution >= 4 is 17.9 Å². The first-order chi connectivity index (χ1) is 11.1. The van der Waals surface area contributed by atoms with Crippen molar-refractivity contribution in [3.05, 3.63) is 0 Å². The zero-order valence-electron chi connectivity index (χ0n) is 14.4. The molecule has 134 valence electrons. The highest BCUT2D eigenvalue weighted by Crippen LogP contribution is 2.74. The highest BCUT2D eigenvalue weighted by molar-refractivity contribution is 5.86. The zero-order valence-corrected chi connectivity index (χ0v) is 14.4. The van der Waals surface area contributed by atoms with Gasteiger partial charge in [0.05, 0.1) is 22.9 Å². The van der Waals surface area contributed by atoms with E-state index in [0.29, 0.717) is 25.9 Å². The monoisotopic (exact) mass is 338 g/mol. The van der Waals surface area contributed by atoms with Gasteiger partial charge in [0.1, 0.15) is 0 Å². The Morgan fingerprint density at radius 3 is 1.79 bits per heavy atom. The van der Waals surface area contributed by atoms with Crippen LogP contribution in [0.15, 0.2) is 0 Å². The van der Waals surface area contributed by atoms with Gasteiger partial charge in [-0.25, -0.2) is 0 Å². The molecule has 0 aromatic rings. The SMILES string of the molecule is CCCCOC(=O)C12CC3(C)CC(C(=O)O)(CC(C(=O)O)(C3)C1)C2. The minimum Gasteiger partial charge on any atom is -0.481 e. The summed E-state index contributed by atoms with van der Waals surface area (Å²) in [7, 11) is 0. The fourth-order valence-corrected chi connectivity index (χ4v) is 6.28. The number of esters is 1. The summed E-state index contributed by atoms with van der Waals surface area (Å²) in [5, 5.41) is 19.7. The average molecular weight is 338 g/mol. The lowest BCUT2D eigenvalue weighted by atomic mass is 9.35. The Bertz CT molecular complexity index is 564. The molecule has 4 saturated carbocycles. The minimum atomic E-state index is -1.12. The standard InChI is InChI=1S/C18H26O6/c1-3-4-5-24-14(23)18-8-15(2)6-16(10-18,12(19)20)9-17(7-15,11-18)13(21)22/h3-11H2,1-2H3,(H,19,20)(H,21,22). The quantitative estimate of drug-likeness (QED) is 0.570. The molecule has 2 atom stereocenters. The van der Waals surface area contributed by atoms with Gasteiger partial charge in [-0.3, -0.25) is 14.4 Å². The van der Waals surface area contributed by atoms with Gasteiger partial charge in [0.25, 0.3) is 0 Å². The predicted molar refractivity (Wildman–Crippen MR) is 84.2 cm³/mol. The topological polar surface area (TPSA) is 101 Å². The van der Waals surface area contributed by atoms with Gasteiger partial charge < -0.3 is 14.9 Å². The number of carboxylic acids is 2. The van der Waals surface area contributed by atoms with Gasteiger partial charge in [0.2, 0.25) is 0 Å². The molecular formula is C18H26O6. The number of ether oxygens (including phenoxy) is 1. The molecule has 4 fully saturated rings. The first-order valence-corrected chi connectivity index (χ1v) is 8.75. The molecule has 4 aliphatic carbocycles. The van der Waals surface area contributed by atoms with Crippen LogP contribution in [0.25, 0.3) is 0 Å². The van der Waals surface area contributed by atoms with Crippen molar-refractivity contribution in [1.29, 1.82) is 0 Å². The van der Waals surface area contributed by atoms with Crippen molar-refractivity contribution in [3.63, 3.8) is 0 Å². The third-order valence-electron chi connectivity index (χ3n) is 6.40. The van der Waals surface area contributed by atoms with Crippen molar-refractivity contribution in [2.75, 3.05) is 6.61 Å². The molecule has 0 amide bonds. The number of rotatable bonds is 6. The number of carbonyl (C=O) groups excluding carboxylic acids is 1. The Morgan fingerprint density at radius 2 is 1.33 bits per heavy atom. The van der Waals surface area contributed by atoms with Crippen molar-refractivity contribution in [1.82, 2.24) is 0 Å². The molecule has 2 unspecified atom stereocenters. The van der Waals surface area contributed by atoms with Crippen LogP contribution in [0.2, 0.25) is 0 Å². The van der Waals surface area contributed by atoms with Crippen LogP contribution in [-0.4, -0.2) is 34.7 Å². The number of hydrogen-bond donors (Lipinski definition) is 2. The molecule has 4 rings (SSSR count). The summed E-state index contributed by atoms with van der Waals surface area (Å²) in [6.45, 7) is 4.25. The summed E-state index contributed by atoms with van der Waals surface area (Å²) in [4.78, 5) is 36.9. The molecule has 0 radical (unpaired) electrons. The number of carboxylic acid groups (broad SMARTS) is 2. The van der Waals surface area contributed by atoms with Gasteiger partial charge in [0.15, 0.2) is 0 Å². The second-order valence-electron chi connectivity index (χ2n) is 8.81. The van der Waals surface area contributed by atoms with E-state index in [9.17, 15) is 24.6 Å². The molecule has 6 heteroatoms. The molecule has 0 aliphatic heterocycles. The zero-order chi connectivity index (χ0) is 17.8. The van der Waals surface area contributed by atoms with Crippen molar-refractivity contribution in [3.8, 4) is 0 Å². The Labute approximate surface area is 141 Å². The second-order valence-corrected chi connectivity index (χ2v) is 8.81. The minimum absolute atomic E-state index is 0.129. The smallest absolute Gasteiger partial charge is 0.312 e. The van der Waals surface area contributed by atoms with E-state index in [2.05, 4.69) is 0 Å². The van der Waals surface area contributed by atoms with Gasteiger partial charge in [-0.05, 0) is 50.4 Å². The van der Waals surface area contributed by atoms with Crippen LogP contribution in [0.5, 0.6) is 0 Å². The van der Waals surface area contributed by atoms with Crippen LogP contribution in [0.4, 0.5) is 0 Å². The number of carbonyl (C=O) groups is 3. The number of unbranched alkanes of at least 4 members (excludes halogenated alkanes) is 1. The normalized spacial score (nSPS) is 42.8. The molecule has 6 nitrogen and oxygen atoms in total. The highest BCUT2D eigenvalue weighted by atomic mass is 16.5. The van der Waals surface area contributed by atoms with Crippen LogP contribution < -0.4 is 0 Å². The molecule has 0 heterocycles. The van der Waals surface area contributed by atoms with E-state index >= 15 is 0 Å².